The Kier molecular flexibility index (Phi) is 3.04. The number of alkyl halides is 3. The molecule has 14 heavy (non-hydrogen) atoms. The molecule has 1 heterocycles. The first-order chi connectivity index (χ1) is 6.31. The average Bonchev–Trinajstić information content (AvgIpc) is 2.30. The Labute approximate surface area is 80.0 Å². The molecule has 0 saturated carbocycles. The van der Waals surface area contributed by atoms with Crippen LogP contribution in [0.5, 0.6) is 0 Å². The molecule has 3 nitrogen and oxygen atoms in total. The zero-order chi connectivity index (χ0) is 10.8. The van der Waals surface area contributed by atoms with Gasteiger partial charge >= 0.3 is 6.18 Å². The summed E-state index contributed by atoms with van der Waals surface area (Å²) in [6, 6.07) is 0. The van der Waals surface area contributed by atoms with Crippen molar-refractivity contribution in [2.24, 2.45) is 0 Å². The molecule has 1 rings (SSSR count). The van der Waals surface area contributed by atoms with Crippen LogP contribution in [0.1, 0.15) is 19.8 Å². The Hall–Kier alpha value is -0.780. The second kappa shape index (κ2) is 3.76. The van der Waals surface area contributed by atoms with E-state index in [0.717, 1.165) is 6.54 Å². The van der Waals surface area contributed by atoms with Gasteiger partial charge in [-0.1, -0.05) is 0 Å². The summed E-state index contributed by atoms with van der Waals surface area (Å²) in [5.74, 6) is -0.955. The van der Waals surface area contributed by atoms with E-state index >= 15 is 0 Å². The number of carbonyl (C=O) groups is 1. The Morgan fingerprint density at radius 2 is 2.21 bits per heavy atom. The molecule has 1 fully saturated rings. The third-order valence-corrected chi connectivity index (χ3v) is 2.17. The van der Waals surface area contributed by atoms with E-state index in [1.807, 2.05) is 0 Å². The first kappa shape index (κ1) is 11.3. The van der Waals surface area contributed by atoms with Crippen LogP contribution in [-0.4, -0.2) is 30.7 Å². The van der Waals surface area contributed by atoms with Gasteiger partial charge in [0.05, 0.1) is 5.54 Å². The summed E-state index contributed by atoms with van der Waals surface area (Å²) in [6.07, 6.45) is -5.16. The minimum Gasteiger partial charge on any atom is -0.349 e. The van der Waals surface area contributed by atoms with Crippen molar-refractivity contribution < 1.29 is 18.0 Å². The molecule has 0 aromatic rings. The molecule has 0 aromatic carbocycles. The van der Waals surface area contributed by atoms with Gasteiger partial charge in [0.2, 0.25) is 5.91 Å². The van der Waals surface area contributed by atoms with Crippen molar-refractivity contribution in [2.45, 2.75) is 31.5 Å². The van der Waals surface area contributed by atoms with Crippen LogP contribution in [0.25, 0.3) is 0 Å². The summed E-state index contributed by atoms with van der Waals surface area (Å²) in [5.41, 5.74) is -0.525. The highest BCUT2D eigenvalue weighted by atomic mass is 19.4. The Bertz CT molecular complexity index is 221. The highest BCUT2D eigenvalue weighted by Gasteiger charge is 2.35. The number of halogens is 3. The minimum absolute atomic E-state index is 0.524. The molecule has 1 amide bonds. The molecule has 6 heteroatoms. The van der Waals surface area contributed by atoms with E-state index < -0.39 is 24.0 Å². The summed E-state index contributed by atoms with van der Waals surface area (Å²) >= 11 is 0. The molecule has 0 bridgehead atoms. The van der Waals surface area contributed by atoms with E-state index in [0.29, 0.717) is 13.0 Å². The molecular formula is C8H13F3N2O. The summed E-state index contributed by atoms with van der Waals surface area (Å²) in [7, 11) is 0. The van der Waals surface area contributed by atoms with Crippen LogP contribution in [0.3, 0.4) is 0 Å². The topological polar surface area (TPSA) is 41.1 Å². The molecule has 82 valence electrons. The zero-order valence-electron chi connectivity index (χ0n) is 7.87. The lowest BCUT2D eigenvalue weighted by Gasteiger charge is -2.24. The molecule has 0 aromatic heterocycles. The van der Waals surface area contributed by atoms with Gasteiger partial charge in [0.25, 0.3) is 0 Å². The van der Waals surface area contributed by atoms with E-state index in [1.165, 1.54) is 0 Å². The molecule has 1 aliphatic rings. The van der Waals surface area contributed by atoms with E-state index in [9.17, 15) is 18.0 Å². The fourth-order valence-electron chi connectivity index (χ4n) is 1.49. The fourth-order valence-corrected chi connectivity index (χ4v) is 1.49. The Morgan fingerprint density at radius 3 is 2.64 bits per heavy atom. The van der Waals surface area contributed by atoms with E-state index in [-0.39, 0.29) is 0 Å². The highest BCUT2D eigenvalue weighted by Crippen LogP contribution is 2.20. The normalized spacial score (nSPS) is 27.7. The van der Waals surface area contributed by atoms with Crippen LogP contribution < -0.4 is 10.6 Å². The quantitative estimate of drug-likeness (QED) is 0.708. The molecule has 1 atom stereocenters. The maximum absolute atomic E-state index is 11.8. The van der Waals surface area contributed by atoms with Gasteiger partial charge in [0.1, 0.15) is 6.42 Å². The van der Waals surface area contributed by atoms with Gasteiger partial charge in [0.15, 0.2) is 0 Å². The SMILES string of the molecule is CC1(NC(=O)CC(F)(F)F)CCNC1. The fraction of sp³-hybridized carbons (Fsp3) is 0.875. The highest BCUT2D eigenvalue weighted by molar-refractivity contribution is 5.77. The molecule has 1 unspecified atom stereocenters. The molecule has 2 N–H and O–H groups in total. The summed E-state index contributed by atoms with van der Waals surface area (Å²) < 4.78 is 35.5. The number of carbonyl (C=O) groups excluding carboxylic acids is 1. The van der Waals surface area contributed by atoms with Crippen molar-refractivity contribution in [1.29, 1.82) is 0 Å². The van der Waals surface area contributed by atoms with E-state index in [1.54, 1.807) is 6.92 Å². The lowest BCUT2D eigenvalue weighted by Crippen LogP contribution is -2.48. The third-order valence-electron chi connectivity index (χ3n) is 2.17. The molecule has 0 aliphatic carbocycles. The average molecular weight is 210 g/mol. The van der Waals surface area contributed by atoms with Gasteiger partial charge in [0, 0.05) is 6.54 Å². The van der Waals surface area contributed by atoms with Crippen LogP contribution >= 0.6 is 0 Å². The minimum atomic E-state index is -4.42. The molecule has 1 saturated heterocycles. The Balaban J connectivity index is 2.40. The summed E-state index contributed by atoms with van der Waals surface area (Å²) in [6.45, 7) is 2.99. The number of amides is 1. The van der Waals surface area contributed by atoms with Crippen molar-refractivity contribution in [2.75, 3.05) is 13.1 Å². The number of hydrogen-bond acceptors (Lipinski definition) is 2. The van der Waals surface area contributed by atoms with Crippen LogP contribution in [0.15, 0.2) is 0 Å². The van der Waals surface area contributed by atoms with Crippen molar-refractivity contribution in [1.82, 2.24) is 10.6 Å². The largest absolute Gasteiger partial charge is 0.397 e. The van der Waals surface area contributed by atoms with Crippen molar-refractivity contribution in [3.05, 3.63) is 0 Å². The lowest BCUT2D eigenvalue weighted by molar-refractivity contribution is -0.154. The standard InChI is InChI=1S/C8H13F3N2O/c1-7(2-3-12-5-7)13-6(14)4-8(9,10)11/h12H,2-5H2,1H3,(H,13,14). The van der Waals surface area contributed by atoms with Gasteiger partial charge in [-0.15, -0.1) is 0 Å². The second-order valence-corrected chi connectivity index (χ2v) is 3.83. The zero-order valence-corrected chi connectivity index (χ0v) is 7.87. The van der Waals surface area contributed by atoms with Gasteiger partial charge in [-0.05, 0) is 19.9 Å². The predicted octanol–water partition coefficient (Wildman–Crippen LogP) is 0.807. The first-order valence-electron chi connectivity index (χ1n) is 4.39. The van der Waals surface area contributed by atoms with Gasteiger partial charge < -0.3 is 10.6 Å². The lowest BCUT2D eigenvalue weighted by atomic mass is 10.0. The number of nitrogens with one attached hydrogen (secondary N) is 2. The van der Waals surface area contributed by atoms with Gasteiger partial charge in [-0.2, -0.15) is 13.2 Å². The predicted molar refractivity (Wildman–Crippen MR) is 44.7 cm³/mol. The monoisotopic (exact) mass is 210 g/mol. The number of rotatable bonds is 2. The molecular weight excluding hydrogens is 197 g/mol. The van der Waals surface area contributed by atoms with Crippen molar-refractivity contribution in [3.63, 3.8) is 0 Å². The van der Waals surface area contributed by atoms with Crippen LogP contribution in [0.4, 0.5) is 13.2 Å². The van der Waals surface area contributed by atoms with Gasteiger partial charge in [-0.3, -0.25) is 4.79 Å². The number of hydrogen-bond donors (Lipinski definition) is 2. The molecule has 1 aliphatic heterocycles. The van der Waals surface area contributed by atoms with Crippen LogP contribution in [0, 0.1) is 0 Å². The third kappa shape index (κ3) is 3.53. The van der Waals surface area contributed by atoms with Crippen molar-refractivity contribution in [3.8, 4) is 0 Å². The van der Waals surface area contributed by atoms with E-state index in [4.69, 9.17) is 0 Å². The maximum Gasteiger partial charge on any atom is 0.397 e. The summed E-state index contributed by atoms with van der Waals surface area (Å²) in [5, 5.41) is 5.38. The molecule has 0 radical (unpaired) electrons. The Morgan fingerprint density at radius 1 is 1.57 bits per heavy atom. The van der Waals surface area contributed by atoms with Crippen LogP contribution in [0.2, 0.25) is 0 Å². The molecule has 0 spiro atoms. The summed E-state index contributed by atoms with van der Waals surface area (Å²) in [4.78, 5) is 11.0. The first-order valence-corrected chi connectivity index (χ1v) is 4.39. The smallest absolute Gasteiger partial charge is 0.349 e. The second-order valence-electron chi connectivity index (χ2n) is 3.83. The van der Waals surface area contributed by atoms with Crippen molar-refractivity contribution >= 4 is 5.91 Å². The van der Waals surface area contributed by atoms with Gasteiger partial charge in [-0.25, -0.2) is 0 Å². The maximum atomic E-state index is 11.8. The van der Waals surface area contributed by atoms with Crippen LogP contribution in [-0.2, 0) is 4.79 Å². The van der Waals surface area contributed by atoms with E-state index in [2.05, 4.69) is 10.6 Å².